The van der Waals surface area contributed by atoms with E-state index in [1.165, 1.54) is 0 Å². The van der Waals surface area contributed by atoms with Gasteiger partial charge in [-0.25, -0.2) is 0 Å². The lowest BCUT2D eigenvalue weighted by Crippen LogP contribution is -2.46. The minimum absolute atomic E-state index is 0.0875. The van der Waals surface area contributed by atoms with Crippen LogP contribution in [-0.2, 0) is 4.74 Å². The largest absolute Gasteiger partial charge is 0.379 e. The van der Waals surface area contributed by atoms with Crippen molar-refractivity contribution in [1.82, 2.24) is 4.90 Å². The Morgan fingerprint density at radius 3 is 2.89 bits per heavy atom. The maximum atomic E-state index is 12.6. The number of carbonyl (C=O) groups is 1. The first kappa shape index (κ1) is 14.5. The monoisotopic (exact) mass is 325 g/mol. The zero-order valence-corrected chi connectivity index (χ0v) is 13.2. The van der Waals surface area contributed by atoms with Crippen molar-refractivity contribution >= 4 is 21.8 Å². The third-order valence-electron chi connectivity index (χ3n) is 3.90. The highest BCUT2D eigenvalue weighted by Gasteiger charge is 2.29. The number of likely N-dealkylation sites (tertiary alicyclic amines) is 1. The number of nitrogens with zero attached hydrogens (tertiary/aromatic N) is 1. The molecule has 0 radical (unpaired) electrons. The molecule has 1 heterocycles. The molecular weight excluding hydrogens is 306 g/mol. The Hall–Kier alpha value is -0.870. The lowest BCUT2D eigenvalue weighted by Gasteiger charge is -2.36. The van der Waals surface area contributed by atoms with Crippen molar-refractivity contribution in [2.24, 2.45) is 5.92 Å². The molecule has 1 aliphatic rings. The Morgan fingerprint density at radius 1 is 1.47 bits per heavy atom. The summed E-state index contributed by atoms with van der Waals surface area (Å²) in [6.45, 7) is 5.66. The van der Waals surface area contributed by atoms with Crippen LogP contribution in [0.4, 0.5) is 0 Å². The summed E-state index contributed by atoms with van der Waals surface area (Å²) in [6, 6.07) is 5.80. The fraction of sp³-hybridized carbons (Fsp3) is 0.533. The summed E-state index contributed by atoms with van der Waals surface area (Å²) >= 11 is 3.51. The second-order valence-corrected chi connectivity index (χ2v) is 6.02. The Balaban J connectivity index is 2.18. The summed E-state index contributed by atoms with van der Waals surface area (Å²) in [5.74, 6) is 0.597. The maximum Gasteiger partial charge on any atom is 0.255 e. The molecule has 2 atom stereocenters. The molecule has 19 heavy (non-hydrogen) atoms. The van der Waals surface area contributed by atoms with Crippen LogP contribution < -0.4 is 0 Å². The average Bonchev–Trinajstić information content (AvgIpc) is 2.41. The van der Waals surface area contributed by atoms with E-state index in [-0.39, 0.29) is 12.0 Å². The highest BCUT2D eigenvalue weighted by molar-refractivity contribution is 9.10. The summed E-state index contributed by atoms with van der Waals surface area (Å²) in [7, 11) is 1.72. The minimum Gasteiger partial charge on any atom is -0.379 e. The number of rotatable bonds is 2. The van der Waals surface area contributed by atoms with Gasteiger partial charge in [0, 0.05) is 24.7 Å². The van der Waals surface area contributed by atoms with Crippen LogP contribution in [0.15, 0.2) is 22.7 Å². The van der Waals surface area contributed by atoms with E-state index in [1.54, 1.807) is 7.11 Å². The molecule has 4 heteroatoms. The molecule has 1 aliphatic heterocycles. The molecule has 2 unspecified atom stereocenters. The van der Waals surface area contributed by atoms with E-state index in [0.717, 1.165) is 28.6 Å². The third-order valence-corrected chi connectivity index (χ3v) is 4.95. The highest BCUT2D eigenvalue weighted by atomic mass is 79.9. The molecule has 0 aliphatic carbocycles. The molecule has 1 saturated heterocycles. The van der Waals surface area contributed by atoms with E-state index < -0.39 is 0 Å². The van der Waals surface area contributed by atoms with Crippen LogP contribution in [0.5, 0.6) is 0 Å². The lowest BCUT2D eigenvalue weighted by molar-refractivity contribution is -0.00160. The standard InChI is InChI=1S/C15H20BrNO2/c1-10-7-8-17(9-13(10)19-3)15(18)12-6-4-5-11(2)14(12)16/h4-6,10,13H,7-9H2,1-3H3. The fourth-order valence-corrected chi connectivity index (χ4v) is 2.94. The number of halogens is 1. The zero-order chi connectivity index (χ0) is 14.0. The van der Waals surface area contributed by atoms with Crippen LogP contribution >= 0.6 is 15.9 Å². The fourth-order valence-electron chi connectivity index (χ4n) is 2.51. The minimum atomic E-state index is 0.0875. The van der Waals surface area contributed by atoms with Gasteiger partial charge in [-0.3, -0.25) is 4.79 Å². The van der Waals surface area contributed by atoms with Crippen LogP contribution in [0.2, 0.25) is 0 Å². The Bertz CT molecular complexity index is 475. The highest BCUT2D eigenvalue weighted by Crippen LogP contribution is 2.25. The SMILES string of the molecule is COC1CN(C(=O)c2cccc(C)c2Br)CCC1C. The number of ether oxygens (including phenoxy) is 1. The van der Waals surface area contributed by atoms with Crippen molar-refractivity contribution in [3.63, 3.8) is 0 Å². The number of hydrogen-bond acceptors (Lipinski definition) is 2. The van der Waals surface area contributed by atoms with Crippen LogP contribution in [0, 0.1) is 12.8 Å². The van der Waals surface area contributed by atoms with Gasteiger partial charge in [-0.15, -0.1) is 0 Å². The normalized spacial score (nSPS) is 23.5. The van der Waals surface area contributed by atoms with Gasteiger partial charge in [0.1, 0.15) is 0 Å². The summed E-state index contributed by atoms with van der Waals surface area (Å²) < 4.78 is 6.36. The van der Waals surface area contributed by atoms with Crippen molar-refractivity contribution in [1.29, 1.82) is 0 Å². The second kappa shape index (κ2) is 6.06. The molecule has 3 nitrogen and oxygen atoms in total. The molecule has 104 valence electrons. The molecule has 1 fully saturated rings. The molecule has 0 saturated carbocycles. The number of piperidine rings is 1. The van der Waals surface area contributed by atoms with E-state index >= 15 is 0 Å². The van der Waals surface area contributed by atoms with Crippen molar-refractivity contribution < 1.29 is 9.53 Å². The predicted molar refractivity (Wildman–Crippen MR) is 79.4 cm³/mol. The van der Waals surface area contributed by atoms with Gasteiger partial charge in [0.05, 0.1) is 11.7 Å². The van der Waals surface area contributed by atoms with Gasteiger partial charge in [-0.2, -0.15) is 0 Å². The Kier molecular flexibility index (Phi) is 4.63. The predicted octanol–water partition coefficient (Wildman–Crippen LogP) is 3.25. The number of methoxy groups -OCH3 is 1. The first-order valence-electron chi connectivity index (χ1n) is 6.61. The lowest BCUT2D eigenvalue weighted by atomic mass is 9.95. The van der Waals surface area contributed by atoms with Crippen molar-refractivity contribution in [2.45, 2.75) is 26.4 Å². The van der Waals surface area contributed by atoms with E-state index in [4.69, 9.17) is 4.74 Å². The topological polar surface area (TPSA) is 29.5 Å². The van der Waals surface area contributed by atoms with E-state index in [1.807, 2.05) is 30.0 Å². The first-order chi connectivity index (χ1) is 9.04. The van der Waals surface area contributed by atoms with Crippen molar-refractivity contribution in [3.05, 3.63) is 33.8 Å². The van der Waals surface area contributed by atoms with Crippen LogP contribution in [0.25, 0.3) is 0 Å². The van der Waals surface area contributed by atoms with Crippen molar-refractivity contribution in [2.75, 3.05) is 20.2 Å². The molecule has 0 N–H and O–H groups in total. The molecule has 1 amide bonds. The van der Waals surface area contributed by atoms with Crippen LogP contribution in [0.1, 0.15) is 29.3 Å². The number of amides is 1. The van der Waals surface area contributed by atoms with Gasteiger partial charge in [-0.1, -0.05) is 19.1 Å². The molecule has 0 spiro atoms. The molecule has 1 aromatic rings. The molecular formula is C15H20BrNO2. The second-order valence-electron chi connectivity index (χ2n) is 5.23. The summed E-state index contributed by atoms with van der Waals surface area (Å²) in [5, 5.41) is 0. The molecule has 2 rings (SSSR count). The van der Waals surface area contributed by atoms with Gasteiger partial charge in [0.15, 0.2) is 0 Å². The maximum absolute atomic E-state index is 12.6. The Labute approximate surface area is 123 Å². The van der Waals surface area contributed by atoms with E-state index in [0.29, 0.717) is 12.5 Å². The smallest absolute Gasteiger partial charge is 0.255 e. The third kappa shape index (κ3) is 3.00. The number of carbonyl (C=O) groups excluding carboxylic acids is 1. The number of hydrogen-bond donors (Lipinski definition) is 0. The zero-order valence-electron chi connectivity index (χ0n) is 11.6. The van der Waals surface area contributed by atoms with Gasteiger partial charge >= 0.3 is 0 Å². The summed E-state index contributed by atoms with van der Waals surface area (Å²) in [6.07, 6.45) is 1.13. The molecule has 0 aromatic heterocycles. The summed E-state index contributed by atoms with van der Waals surface area (Å²) in [5.41, 5.74) is 1.82. The average molecular weight is 326 g/mol. The Morgan fingerprint density at radius 2 is 2.21 bits per heavy atom. The van der Waals surface area contributed by atoms with Gasteiger partial charge < -0.3 is 9.64 Å². The summed E-state index contributed by atoms with van der Waals surface area (Å²) in [4.78, 5) is 14.5. The number of aryl methyl sites for hydroxylation is 1. The van der Waals surface area contributed by atoms with E-state index in [9.17, 15) is 4.79 Å². The first-order valence-corrected chi connectivity index (χ1v) is 7.41. The van der Waals surface area contributed by atoms with Crippen molar-refractivity contribution in [3.8, 4) is 0 Å². The van der Waals surface area contributed by atoms with Crippen LogP contribution in [-0.4, -0.2) is 37.1 Å². The number of benzene rings is 1. The van der Waals surface area contributed by atoms with Crippen LogP contribution in [0.3, 0.4) is 0 Å². The van der Waals surface area contributed by atoms with Gasteiger partial charge in [0.25, 0.3) is 5.91 Å². The van der Waals surface area contributed by atoms with E-state index in [2.05, 4.69) is 22.9 Å². The van der Waals surface area contributed by atoms with Gasteiger partial charge in [-0.05, 0) is 46.8 Å². The quantitative estimate of drug-likeness (QED) is 0.835. The molecule has 1 aromatic carbocycles. The van der Waals surface area contributed by atoms with Gasteiger partial charge in [0.2, 0.25) is 0 Å². The molecule has 0 bridgehead atoms.